The van der Waals surface area contributed by atoms with Crippen molar-refractivity contribution in [1.29, 1.82) is 0 Å². The molecule has 0 bridgehead atoms. The van der Waals surface area contributed by atoms with E-state index in [1.807, 2.05) is 7.05 Å². The van der Waals surface area contributed by atoms with E-state index in [0.29, 0.717) is 11.1 Å². The van der Waals surface area contributed by atoms with Gasteiger partial charge in [0.05, 0.1) is 0 Å². The molecule has 1 aliphatic heterocycles. The van der Waals surface area contributed by atoms with Crippen LogP contribution in [0.1, 0.15) is 13.8 Å². The zero-order valence-electron chi connectivity index (χ0n) is 10.8. The van der Waals surface area contributed by atoms with E-state index in [4.69, 9.17) is 0 Å². The summed E-state index contributed by atoms with van der Waals surface area (Å²) in [5, 5.41) is 0. The van der Waals surface area contributed by atoms with E-state index in [2.05, 4.69) is 11.5 Å². The fourth-order valence-electron chi connectivity index (χ4n) is 1.64. The van der Waals surface area contributed by atoms with Gasteiger partial charge in [0.15, 0.2) is 5.78 Å². The Balaban J connectivity index is 2.61. The Hall–Kier alpha value is -1.42. The number of allylic oxidation sites excluding steroid dienone is 1. The molecule has 0 radical (unpaired) electrons. The summed E-state index contributed by atoms with van der Waals surface area (Å²) in [6, 6.07) is 0. The fraction of sp³-hybridized carbons (Fsp3) is 0.538. The Kier molecular flexibility index (Phi) is 4.63. The molecule has 17 heavy (non-hydrogen) atoms. The van der Waals surface area contributed by atoms with E-state index in [0.717, 1.165) is 26.2 Å². The average molecular weight is 236 g/mol. The molecule has 0 unspecified atom stereocenters. The molecule has 0 aromatic heterocycles. The number of carbonyl (C=O) groups is 2. The van der Waals surface area contributed by atoms with Gasteiger partial charge in [-0.1, -0.05) is 6.58 Å². The van der Waals surface area contributed by atoms with Crippen molar-refractivity contribution in [1.82, 2.24) is 9.80 Å². The lowest BCUT2D eigenvalue weighted by Gasteiger charge is -2.32. The maximum Gasteiger partial charge on any atom is 0.253 e. The van der Waals surface area contributed by atoms with Crippen molar-refractivity contribution >= 4 is 11.7 Å². The zero-order valence-corrected chi connectivity index (χ0v) is 10.8. The van der Waals surface area contributed by atoms with Crippen molar-refractivity contribution in [3.63, 3.8) is 0 Å². The minimum Gasteiger partial charge on any atom is -0.336 e. The number of likely N-dealkylation sites (N-methyl/N-ethyl adjacent to an activating group) is 1. The first-order chi connectivity index (χ1) is 7.91. The van der Waals surface area contributed by atoms with Gasteiger partial charge in [0.25, 0.3) is 5.91 Å². The van der Waals surface area contributed by atoms with Gasteiger partial charge in [-0.3, -0.25) is 9.59 Å². The van der Waals surface area contributed by atoms with Crippen LogP contribution in [0.25, 0.3) is 0 Å². The van der Waals surface area contributed by atoms with Crippen LogP contribution < -0.4 is 0 Å². The first-order valence-corrected chi connectivity index (χ1v) is 5.77. The predicted molar refractivity (Wildman–Crippen MR) is 67.7 cm³/mol. The van der Waals surface area contributed by atoms with Crippen LogP contribution >= 0.6 is 0 Å². The summed E-state index contributed by atoms with van der Waals surface area (Å²) in [7, 11) is 2.04. The second-order valence-corrected chi connectivity index (χ2v) is 4.50. The van der Waals surface area contributed by atoms with E-state index in [1.165, 1.54) is 6.92 Å². The SMILES string of the molecule is C=C(/C=C(/C)C(C)=O)C(=O)N1CCN(C)CC1. The first kappa shape index (κ1) is 13.6. The second kappa shape index (κ2) is 5.77. The summed E-state index contributed by atoms with van der Waals surface area (Å²) in [6.07, 6.45) is 1.57. The summed E-state index contributed by atoms with van der Waals surface area (Å²) in [5.74, 6) is -0.101. The molecule has 0 atom stereocenters. The molecule has 0 saturated carbocycles. The van der Waals surface area contributed by atoms with Crippen LogP contribution in [0.3, 0.4) is 0 Å². The number of ketones is 1. The Morgan fingerprint density at radius 3 is 2.12 bits per heavy atom. The standard InChI is InChI=1S/C13H20N2O2/c1-10(12(3)16)9-11(2)13(17)15-7-5-14(4)6-8-15/h9H,2,5-8H2,1,3-4H3/b10-9-. The minimum absolute atomic E-state index is 0.0303. The van der Waals surface area contributed by atoms with Crippen LogP contribution in [-0.4, -0.2) is 54.7 Å². The van der Waals surface area contributed by atoms with Gasteiger partial charge >= 0.3 is 0 Å². The molecule has 1 rings (SSSR count). The highest BCUT2D eigenvalue weighted by Gasteiger charge is 2.20. The van der Waals surface area contributed by atoms with Crippen LogP contribution in [0, 0.1) is 0 Å². The smallest absolute Gasteiger partial charge is 0.253 e. The average Bonchev–Trinajstić information content (AvgIpc) is 2.28. The van der Waals surface area contributed by atoms with E-state index in [9.17, 15) is 9.59 Å². The van der Waals surface area contributed by atoms with Gasteiger partial charge in [-0.15, -0.1) is 0 Å². The molecular formula is C13H20N2O2. The molecular weight excluding hydrogens is 216 g/mol. The quantitative estimate of drug-likeness (QED) is 0.539. The highest BCUT2D eigenvalue weighted by molar-refractivity contribution is 5.99. The molecule has 0 aromatic carbocycles. The summed E-state index contributed by atoms with van der Waals surface area (Å²) in [4.78, 5) is 27.1. The van der Waals surface area contributed by atoms with Gasteiger partial charge in [-0.2, -0.15) is 0 Å². The van der Waals surface area contributed by atoms with Gasteiger partial charge < -0.3 is 9.80 Å². The summed E-state index contributed by atoms with van der Waals surface area (Å²) >= 11 is 0. The summed E-state index contributed by atoms with van der Waals surface area (Å²) < 4.78 is 0. The Morgan fingerprint density at radius 2 is 1.65 bits per heavy atom. The number of nitrogens with zero attached hydrogens (tertiary/aromatic N) is 2. The maximum atomic E-state index is 12.0. The van der Waals surface area contributed by atoms with Crippen molar-refractivity contribution in [3.05, 3.63) is 23.8 Å². The summed E-state index contributed by atoms with van der Waals surface area (Å²) in [6.45, 7) is 10.1. The number of amides is 1. The molecule has 0 spiro atoms. The molecule has 1 fully saturated rings. The second-order valence-electron chi connectivity index (χ2n) is 4.50. The molecule has 1 aliphatic rings. The topological polar surface area (TPSA) is 40.6 Å². The lowest BCUT2D eigenvalue weighted by atomic mass is 10.1. The van der Waals surface area contributed by atoms with Gasteiger partial charge in [-0.05, 0) is 32.5 Å². The van der Waals surface area contributed by atoms with Crippen molar-refractivity contribution in [2.24, 2.45) is 0 Å². The van der Waals surface area contributed by atoms with Crippen LogP contribution in [0.15, 0.2) is 23.8 Å². The molecule has 4 heteroatoms. The number of hydrogen-bond donors (Lipinski definition) is 0. The maximum absolute atomic E-state index is 12.0. The molecule has 1 heterocycles. The van der Waals surface area contributed by atoms with E-state index >= 15 is 0 Å². The molecule has 1 amide bonds. The monoisotopic (exact) mass is 236 g/mol. The lowest BCUT2D eigenvalue weighted by Crippen LogP contribution is -2.47. The van der Waals surface area contributed by atoms with E-state index < -0.39 is 0 Å². The molecule has 0 N–H and O–H groups in total. The minimum atomic E-state index is -0.0706. The highest BCUT2D eigenvalue weighted by Crippen LogP contribution is 2.08. The van der Waals surface area contributed by atoms with Gasteiger partial charge in [-0.25, -0.2) is 0 Å². The molecule has 94 valence electrons. The first-order valence-electron chi connectivity index (χ1n) is 5.77. The van der Waals surface area contributed by atoms with Crippen LogP contribution in [0.4, 0.5) is 0 Å². The van der Waals surface area contributed by atoms with Crippen molar-refractivity contribution in [2.75, 3.05) is 33.2 Å². The van der Waals surface area contributed by atoms with Crippen LogP contribution in [0.5, 0.6) is 0 Å². The van der Waals surface area contributed by atoms with Gasteiger partial charge in [0, 0.05) is 31.8 Å². The molecule has 0 aliphatic carbocycles. The van der Waals surface area contributed by atoms with Gasteiger partial charge in [0.2, 0.25) is 0 Å². The summed E-state index contributed by atoms with van der Waals surface area (Å²) in [5.41, 5.74) is 0.958. The Bertz CT molecular complexity index is 364. The van der Waals surface area contributed by atoms with Crippen LogP contribution in [-0.2, 0) is 9.59 Å². The predicted octanol–water partition coefficient (Wildman–Crippen LogP) is 0.852. The van der Waals surface area contributed by atoms with Crippen molar-refractivity contribution < 1.29 is 9.59 Å². The molecule has 1 saturated heterocycles. The third kappa shape index (κ3) is 3.82. The molecule has 4 nitrogen and oxygen atoms in total. The zero-order chi connectivity index (χ0) is 13.0. The Labute approximate surface area is 103 Å². The largest absolute Gasteiger partial charge is 0.336 e. The third-order valence-corrected chi connectivity index (χ3v) is 3.01. The normalized spacial score (nSPS) is 18.1. The number of Topliss-reactive ketones (excluding diaryl/α,β-unsaturated/α-hetero) is 1. The number of hydrogen-bond acceptors (Lipinski definition) is 3. The van der Waals surface area contributed by atoms with Crippen molar-refractivity contribution in [2.45, 2.75) is 13.8 Å². The lowest BCUT2D eigenvalue weighted by molar-refractivity contribution is -0.128. The van der Waals surface area contributed by atoms with Crippen molar-refractivity contribution in [3.8, 4) is 0 Å². The van der Waals surface area contributed by atoms with Crippen LogP contribution in [0.2, 0.25) is 0 Å². The van der Waals surface area contributed by atoms with E-state index in [1.54, 1.807) is 17.9 Å². The number of piperazine rings is 1. The highest BCUT2D eigenvalue weighted by atomic mass is 16.2. The number of rotatable bonds is 3. The third-order valence-electron chi connectivity index (χ3n) is 3.01. The Morgan fingerprint density at radius 1 is 1.12 bits per heavy atom. The fourth-order valence-corrected chi connectivity index (χ4v) is 1.64. The molecule has 0 aromatic rings. The van der Waals surface area contributed by atoms with Gasteiger partial charge in [0.1, 0.15) is 0 Å². The number of carbonyl (C=O) groups excluding carboxylic acids is 2. The van der Waals surface area contributed by atoms with E-state index in [-0.39, 0.29) is 11.7 Å².